The molecule has 4 N–H and O–H groups in total. The Labute approximate surface area is 235 Å². The number of esters is 1. The van der Waals surface area contributed by atoms with Gasteiger partial charge in [0.1, 0.15) is 0 Å². The van der Waals surface area contributed by atoms with Crippen LogP contribution in [0.25, 0.3) is 0 Å². The van der Waals surface area contributed by atoms with Crippen LogP contribution >= 0.6 is 0 Å². The van der Waals surface area contributed by atoms with Gasteiger partial charge in [0.15, 0.2) is 0 Å². The minimum Gasteiger partial charge on any atom is -0.466 e. The van der Waals surface area contributed by atoms with Crippen molar-refractivity contribution >= 4 is 40.8 Å². The number of fused-ring (bicyclic) bond motifs is 1. The summed E-state index contributed by atoms with van der Waals surface area (Å²) >= 11 is 0. The maximum absolute atomic E-state index is 13.1. The van der Waals surface area contributed by atoms with Gasteiger partial charge < -0.3 is 26.0 Å². The largest absolute Gasteiger partial charge is 0.466 e. The number of hydrogen-bond acceptors (Lipinski definition) is 8. The van der Waals surface area contributed by atoms with Crippen LogP contribution in [0.15, 0.2) is 48.5 Å². The molecule has 2 aliphatic rings. The van der Waals surface area contributed by atoms with E-state index in [1.807, 2.05) is 0 Å². The lowest BCUT2D eigenvalue weighted by molar-refractivity contribution is -0.385. The van der Waals surface area contributed by atoms with Crippen LogP contribution < -0.4 is 21.3 Å². The third-order valence-electron chi connectivity index (χ3n) is 7.82. The van der Waals surface area contributed by atoms with Gasteiger partial charge in [0, 0.05) is 47.7 Å². The molecular weight excluding hydrogens is 536 g/mol. The van der Waals surface area contributed by atoms with E-state index in [-0.39, 0.29) is 42.0 Å². The standard InChI is InChI=1S/C27H32N6O8/c1-2-41-24(34)27-13-11-20(30-25(35)28-18-3-7-22(8-4-18)32(37)38)15-17(27)16-21(12-14-27)31-26(36)29-19-5-9-23(10-6-19)33(39)40/h3-10,17,20-21H,2,11-16H2,1H3,(H2,28,30,35)(H2,29,31,36)/t17?,20-,21+,27?. The lowest BCUT2D eigenvalue weighted by Crippen LogP contribution is -2.55. The molecule has 2 aromatic rings. The molecule has 218 valence electrons. The molecule has 4 atom stereocenters. The Morgan fingerprint density at radius 3 is 1.59 bits per heavy atom. The van der Waals surface area contributed by atoms with Gasteiger partial charge in [-0.1, -0.05) is 0 Å². The second kappa shape index (κ2) is 12.6. The molecule has 4 amide bonds. The Morgan fingerprint density at radius 1 is 0.805 bits per heavy atom. The van der Waals surface area contributed by atoms with Gasteiger partial charge in [-0.2, -0.15) is 0 Å². The van der Waals surface area contributed by atoms with E-state index in [1.54, 1.807) is 6.92 Å². The number of urea groups is 2. The number of amides is 4. The molecule has 2 aromatic carbocycles. The number of nitrogens with zero attached hydrogens (tertiary/aromatic N) is 2. The molecule has 4 rings (SSSR count). The molecule has 0 radical (unpaired) electrons. The predicted molar refractivity (Wildman–Crippen MR) is 148 cm³/mol. The summed E-state index contributed by atoms with van der Waals surface area (Å²) in [6.45, 7) is 2.01. The Balaban J connectivity index is 1.37. The van der Waals surface area contributed by atoms with E-state index in [9.17, 15) is 34.6 Å². The highest BCUT2D eigenvalue weighted by atomic mass is 16.6. The van der Waals surface area contributed by atoms with Gasteiger partial charge >= 0.3 is 18.0 Å². The summed E-state index contributed by atoms with van der Waals surface area (Å²) in [4.78, 5) is 59.1. The van der Waals surface area contributed by atoms with Crippen molar-refractivity contribution in [3.63, 3.8) is 0 Å². The number of non-ortho nitro benzene ring substituents is 2. The first-order chi connectivity index (χ1) is 19.6. The number of anilines is 2. The van der Waals surface area contributed by atoms with Gasteiger partial charge in [-0.3, -0.25) is 25.0 Å². The van der Waals surface area contributed by atoms with Gasteiger partial charge in [0.05, 0.1) is 21.9 Å². The highest BCUT2D eigenvalue weighted by Gasteiger charge is 2.53. The number of nitro benzene ring substituents is 2. The van der Waals surface area contributed by atoms with Crippen molar-refractivity contribution in [1.29, 1.82) is 0 Å². The summed E-state index contributed by atoms with van der Waals surface area (Å²) in [6.07, 6.45) is 3.22. The molecule has 14 nitrogen and oxygen atoms in total. The SMILES string of the molecule is CCOC(=O)C12CC[C@@H](NC(=O)Nc3ccc([N+](=O)[O-])cc3)CC1C[C@@H](NC(=O)Nc1ccc([N+](=O)[O-])cc1)CC2. The third-order valence-corrected chi connectivity index (χ3v) is 7.82. The number of ether oxygens (including phenoxy) is 1. The van der Waals surface area contributed by atoms with Crippen LogP contribution in [0.3, 0.4) is 0 Å². The second-order valence-corrected chi connectivity index (χ2v) is 10.3. The topological polar surface area (TPSA) is 195 Å². The second-order valence-electron chi connectivity index (χ2n) is 10.3. The summed E-state index contributed by atoms with van der Waals surface area (Å²) in [5.41, 5.74) is -0.0480. The van der Waals surface area contributed by atoms with E-state index in [2.05, 4.69) is 21.3 Å². The molecule has 0 bridgehead atoms. The van der Waals surface area contributed by atoms with Gasteiger partial charge in [-0.05, 0) is 75.6 Å². The number of hydrogen-bond donors (Lipinski definition) is 4. The zero-order valence-electron chi connectivity index (χ0n) is 22.5. The van der Waals surface area contributed by atoms with Crippen molar-refractivity contribution < 1.29 is 29.0 Å². The fourth-order valence-corrected chi connectivity index (χ4v) is 5.81. The Kier molecular flexibility index (Phi) is 9.00. The zero-order valence-corrected chi connectivity index (χ0v) is 22.5. The maximum atomic E-state index is 13.1. The molecular formula is C27H32N6O8. The molecule has 0 saturated heterocycles. The molecule has 2 fully saturated rings. The Bertz CT molecular complexity index is 1210. The summed E-state index contributed by atoms with van der Waals surface area (Å²) in [5, 5.41) is 32.9. The number of nitrogens with one attached hydrogen (secondary N) is 4. The predicted octanol–water partition coefficient (Wildman–Crippen LogP) is 4.72. The average molecular weight is 569 g/mol. The number of carbonyl (C=O) groups excluding carboxylic acids is 3. The fourth-order valence-electron chi connectivity index (χ4n) is 5.81. The highest BCUT2D eigenvalue weighted by molar-refractivity contribution is 5.90. The lowest BCUT2D eigenvalue weighted by atomic mass is 9.57. The smallest absolute Gasteiger partial charge is 0.319 e. The van der Waals surface area contributed by atoms with E-state index in [0.29, 0.717) is 49.9 Å². The summed E-state index contributed by atoms with van der Waals surface area (Å²) in [5.74, 6) is -0.411. The molecule has 14 heteroatoms. The van der Waals surface area contributed by atoms with Crippen molar-refractivity contribution in [3.8, 4) is 0 Å². The lowest BCUT2D eigenvalue weighted by Gasteiger charge is -2.49. The van der Waals surface area contributed by atoms with Crippen molar-refractivity contribution in [1.82, 2.24) is 10.6 Å². The van der Waals surface area contributed by atoms with E-state index in [0.717, 1.165) is 0 Å². The molecule has 41 heavy (non-hydrogen) atoms. The third kappa shape index (κ3) is 7.07. The van der Waals surface area contributed by atoms with Crippen LogP contribution in [0.4, 0.5) is 32.3 Å². The number of carbonyl (C=O) groups is 3. The molecule has 0 spiro atoms. The first-order valence-corrected chi connectivity index (χ1v) is 13.4. The maximum Gasteiger partial charge on any atom is 0.319 e. The molecule has 0 aliphatic heterocycles. The molecule has 0 heterocycles. The first-order valence-electron chi connectivity index (χ1n) is 13.4. The Morgan fingerprint density at radius 2 is 1.22 bits per heavy atom. The monoisotopic (exact) mass is 568 g/mol. The van der Waals surface area contributed by atoms with E-state index >= 15 is 0 Å². The van der Waals surface area contributed by atoms with Gasteiger partial charge in [0.2, 0.25) is 0 Å². The van der Waals surface area contributed by atoms with Crippen LogP contribution in [0.2, 0.25) is 0 Å². The van der Waals surface area contributed by atoms with Crippen LogP contribution in [0, 0.1) is 31.6 Å². The van der Waals surface area contributed by atoms with Crippen molar-refractivity contribution in [3.05, 3.63) is 68.8 Å². The van der Waals surface area contributed by atoms with E-state index in [1.165, 1.54) is 48.5 Å². The number of rotatable bonds is 8. The average Bonchev–Trinajstić information content (AvgIpc) is 2.93. The summed E-state index contributed by atoms with van der Waals surface area (Å²) < 4.78 is 5.45. The van der Waals surface area contributed by atoms with Gasteiger partial charge in [-0.25, -0.2) is 9.59 Å². The summed E-state index contributed by atoms with van der Waals surface area (Å²) in [7, 11) is 0. The van der Waals surface area contributed by atoms with Crippen LogP contribution in [-0.2, 0) is 9.53 Å². The van der Waals surface area contributed by atoms with Crippen LogP contribution in [0.1, 0.15) is 45.4 Å². The molecule has 2 aliphatic carbocycles. The van der Waals surface area contributed by atoms with Crippen molar-refractivity contribution in [2.24, 2.45) is 11.3 Å². The first kappa shape index (κ1) is 29.2. The molecule has 0 aromatic heterocycles. The van der Waals surface area contributed by atoms with Crippen LogP contribution in [0.5, 0.6) is 0 Å². The van der Waals surface area contributed by atoms with Crippen molar-refractivity contribution in [2.75, 3.05) is 17.2 Å². The molecule has 2 saturated carbocycles. The van der Waals surface area contributed by atoms with Gasteiger partial charge in [0.25, 0.3) is 11.4 Å². The molecule has 2 unspecified atom stereocenters. The van der Waals surface area contributed by atoms with Gasteiger partial charge in [-0.15, -0.1) is 0 Å². The quantitative estimate of drug-likeness (QED) is 0.199. The van der Waals surface area contributed by atoms with E-state index < -0.39 is 27.3 Å². The van der Waals surface area contributed by atoms with Crippen molar-refractivity contribution in [2.45, 2.75) is 57.5 Å². The van der Waals surface area contributed by atoms with E-state index in [4.69, 9.17) is 4.74 Å². The minimum absolute atomic E-state index is 0.0829. The number of benzene rings is 2. The minimum atomic E-state index is -0.698. The fraction of sp³-hybridized carbons (Fsp3) is 0.444. The number of nitro groups is 2. The highest BCUT2D eigenvalue weighted by Crippen LogP contribution is 2.51. The normalized spacial score (nSPS) is 23.3. The zero-order chi connectivity index (χ0) is 29.6. The van der Waals surface area contributed by atoms with Crippen LogP contribution in [-0.4, -0.2) is 46.6 Å². The summed E-state index contributed by atoms with van der Waals surface area (Å²) in [6, 6.07) is 9.63. The Hall–Kier alpha value is -4.75.